The Kier molecular flexibility index (Phi) is 8.58. The molecule has 4 heteroatoms. The molecule has 94 valence electrons. The predicted molar refractivity (Wildman–Crippen MR) is 61.2 cm³/mol. The number of aliphatic carboxylic acids is 1. The summed E-state index contributed by atoms with van der Waals surface area (Å²) in [5.41, 5.74) is 0. The van der Waals surface area contributed by atoms with Gasteiger partial charge in [-0.25, -0.2) is 4.79 Å². The van der Waals surface area contributed by atoms with E-state index >= 15 is 0 Å². The Hall–Kier alpha value is -1.06. The molecule has 0 aliphatic carbocycles. The lowest BCUT2D eigenvalue weighted by Crippen LogP contribution is -2.25. The van der Waals surface area contributed by atoms with Crippen molar-refractivity contribution < 1.29 is 19.4 Å². The topological polar surface area (TPSA) is 63.6 Å². The molecule has 0 bridgehead atoms. The molecule has 0 amide bonds. The van der Waals surface area contributed by atoms with Gasteiger partial charge in [0, 0.05) is 6.92 Å². The van der Waals surface area contributed by atoms with Crippen molar-refractivity contribution in [1.29, 1.82) is 0 Å². The van der Waals surface area contributed by atoms with E-state index in [1.165, 1.54) is 26.2 Å². The standard InChI is InChI=1S/C12H22O4/c1-3-4-5-6-7-8-9-11(12(14)15)16-10(2)13/h11H,3-9H2,1-2H3,(H,14,15)/t11-/m0/s1. The van der Waals surface area contributed by atoms with Crippen LogP contribution in [0.25, 0.3) is 0 Å². The van der Waals surface area contributed by atoms with Gasteiger partial charge in [0.25, 0.3) is 0 Å². The molecule has 16 heavy (non-hydrogen) atoms. The Morgan fingerprint density at radius 2 is 1.69 bits per heavy atom. The maximum Gasteiger partial charge on any atom is 0.345 e. The summed E-state index contributed by atoms with van der Waals surface area (Å²) in [6, 6.07) is 0. The van der Waals surface area contributed by atoms with Gasteiger partial charge in [0.2, 0.25) is 0 Å². The molecule has 4 nitrogen and oxygen atoms in total. The van der Waals surface area contributed by atoms with E-state index < -0.39 is 18.0 Å². The van der Waals surface area contributed by atoms with Crippen molar-refractivity contribution in [2.45, 2.75) is 64.9 Å². The van der Waals surface area contributed by atoms with Crippen LogP contribution in [-0.4, -0.2) is 23.1 Å². The Morgan fingerprint density at radius 3 is 2.19 bits per heavy atom. The first-order valence-corrected chi connectivity index (χ1v) is 5.98. The van der Waals surface area contributed by atoms with Gasteiger partial charge in [0.15, 0.2) is 6.10 Å². The minimum Gasteiger partial charge on any atom is -0.479 e. The molecule has 0 spiro atoms. The lowest BCUT2D eigenvalue weighted by Gasteiger charge is -2.11. The smallest absolute Gasteiger partial charge is 0.345 e. The van der Waals surface area contributed by atoms with Gasteiger partial charge >= 0.3 is 11.9 Å². The van der Waals surface area contributed by atoms with E-state index in [1.54, 1.807) is 0 Å². The summed E-state index contributed by atoms with van der Waals surface area (Å²) in [4.78, 5) is 21.4. The van der Waals surface area contributed by atoms with Crippen LogP contribution in [0.5, 0.6) is 0 Å². The number of unbranched alkanes of at least 4 members (excludes halogenated alkanes) is 5. The third-order valence-corrected chi connectivity index (χ3v) is 2.40. The summed E-state index contributed by atoms with van der Waals surface area (Å²) >= 11 is 0. The van der Waals surface area contributed by atoms with Crippen molar-refractivity contribution in [2.75, 3.05) is 0 Å². The summed E-state index contributed by atoms with van der Waals surface area (Å²) in [6.07, 6.45) is 6.00. The first kappa shape index (κ1) is 14.9. The zero-order chi connectivity index (χ0) is 12.4. The molecule has 0 saturated carbocycles. The SMILES string of the molecule is CCCCCCCC[C@H](OC(C)=O)C(=O)O. The predicted octanol–water partition coefficient (Wildman–Crippen LogP) is 2.75. The Balaban J connectivity index is 3.60. The quantitative estimate of drug-likeness (QED) is 0.488. The summed E-state index contributed by atoms with van der Waals surface area (Å²) in [6.45, 7) is 3.39. The van der Waals surface area contributed by atoms with Gasteiger partial charge < -0.3 is 9.84 Å². The largest absolute Gasteiger partial charge is 0.479 e. The molecule has 0 saturated heterocycles. The second-order valence-corrected chi connectivity index (χ2v) is 3.99. The van der Waals surface area contributed by atoms with Crippen molar-refractivity contribution in [1.82, 2.24) is 0 Å². The normalized spacial score (nSPS) is 12.1. The summed E-state index contributed by atoms with van der Waals surface area (Å²) < 4.78 is 4.70. The molecule has 0 fully saturated rings. The maximum atomic E-state index is 10.7. The zero-order valence-electron chi connectivity index (χ0n) is 10.2. The van der Waals surface area contributed by atoms with Crippen molar-refractivity contribution >= 4 is 11.9 Å². The molecule has 0 aliphatic rings. The third kappa shape index (κ3) is 8.26. The number of carboxylic acids is 1. The van der Waals surface area contributed by atoms with E-state index in [1.807, 2.05) is 0 Å². The molecule has 1 atom stereocenters. The maximum absolute atomic E-state index is 10.7. The highest BCUT2D eigenvalue weighted by atomic mass is 16.6. The van der Waals surface area contributed by atoms with Crippen LogP contribution in [0.4, 0.5) is 0 Å². The number of carbonyl (C=O) groups excluding carboxylic acids is 1. The average Bonchev–Trinajstić information content (AvgIpc) is 2.20. The second kappa shape index (κ2) is 9.19. The van der Waals surface area contributed by atoms with Crippen molar-refractivity contribution in [3.05, 3.63) is 0 Å². The molecule has 0 heterocycles. The molecule has 0 aliphatic heterocycles. The Bertz CT molecular complexity index is 213. The number of ether oxygens (including phenoxy) is 1. The van der Waals surface area contributed by atoms with Crippen LogP contribution in [0.15, 0.2) is 0 Å². The summed E-state index contributed by atoms with van der Waals surface area (Å²) in [7, 11) is 0. The van der Waals surface area contributed by atoms with E-state index in [9.17, 15) is 9.59 Å². The third-order valence-electron chi connectivity index (χ3n) is 2.40. The number of rotatable bonds is 9. The van der Waals surface area contributed by atoms with Crippen LogP contribution >= 0.6 is 0 Å². The highest BCUT2D eigenvalue weighted by Crippen LogP contribution is 2.10. The average molecular weight is 230 g/mol. The number of hydrogen-bond donors (Lipinski definition) is 1. The molecule has 0 aromatic rings. The van der Waals surface area contributed by atoms with E-state index in [4.69, 9.17) is 9.84 Å². The fourth-order valence-electron chi connectivity index (χ4n) is 1.54. The summed E-state index contributed by atoms with van der Waals surface area (Å²) in [5.74, 6) is -1.58. The molecule has 0 aromatic heterocycles. The van der Waals surface area contributed by atoms with Crippen LogP contribution in [0, 0.1) is 0 Å². The highest BCUT2D eigenvalue weighted by molar-refractivity contribution is 5.76. The van der Waals surface area contributed by atoms with Crippen LogP contribution in [0.1, 0.15) is 58.8 Å². The van der Waals surface area contributed by atoms with Gasteiger partial charge in [0.05, 0.1) is 0 Å². The first-order valence-electron chi connectivity index (χ1n) is 5.98. The van der Waals surface area contributed by atoms with Crippen LogP contribution < -0.4 is 0 Å². The van der Waals surface area contributed by atoms with Crippen LogP contribution in [-0.2, 0) is 14.3 Å². The molecule has 0 unspecified atom stereocenters. The van der Waals surface area contributed by atoms with Gasteiger partial charge in [-0.1, -0.05) is 39.0 Å². The minimum absolute atomic E-state index is 0.418. The summed E-state index contributed by atoms with van der Waals surface area (Å²) in [5, 5.41) is 8.79. The van der Waals surface area contributed by atoms with E-state index in [0.29, 0.717) is 6.42 Å². The number of carboxylic acid groups (broad SMARTS) is 1. The van der Waals surface area contributed by atoms with E-state index in [0.717, 1.165) is 19.3 Å². The Labute approximate surface area is 97.0 Å². The van der Waals surface area contributed by atoms with Gasteiger partial charge in [-0.3, -0.25) is 4.79 Å². The van der Waals surface area contributed by atoms with E-state index in [-0.39, 0.29) is 0 Å². The Morgan fingerprint density at radius 1 is 1.12 bits per heavy atom. The van der Waals surface area contributed by atoms with Crippen LogP contribution in [0.2, 0.25) is 0 Å². The molecular weight excluding hydrogens is 208 g/mol. The lowest BCUT2D eigenvalue weighted by atomic mass is 10.1. The number of hydrogen-bond acceptors (Lipinski definition) is 3. The van der Waals surface area contributed by atoms with Gasteiger partial charge in [-0.2, -0.15) is 0 Å². The fraction of sp³-hybridized carbons (Fsp3) is 0.833. The van der Waals surface area contributed by atoms with E-state index in [2.05, 4.69) is 6.92 Å². The first-order chi connectivity index (χ1) is 7.57. The molecule has 0 radical (unpaired) electrons. The van der Waals surface area contributed by atoms with Crippen LogP contribution in [0.3, 0.4) is 0 Å². The van der Waals surface area contributed by atoms with Gasteiger partial charge in [-0.05, 0) is 12.8 Å². The van der Waals surface area contributed by atoms with Crippen molar-refractivity contribution in [2.24, 2.45) is 0 Å². The molecule has 0 rings (SSSR count). The zero-order valence-corrected chi connectivity index (χ0v) is 10.2. The molecular formula is C12H22O4. The number of carbonyl (C=O) groups is 2. The lowest BCUT2D eigenvalue weighted by molar-refractivity contribution is -0.163. The highest BCUT2D eigenvalue weighted by Gasteiger charge is 2.19. The monoisotopic (exact) mass is 230 g/mol. The minimum atomic E-state index is -1.05. The van der Waals surface area contributed by atoms with Gasteiger partial charge in [-0.15, -0.1) is 0 Å². The molecule has 1 N–H and O–H groups in total. The fourth-order valence-corrected chi connectivity index (χ4v) is 1.54. The van der Waals surface area contributed by atoms with Gasteiger partial charge in [0.1, 0.15) is 0 Å². The molecule has 0 aromatic carbocycles. The second-order valence-electron chi connectivity index (χ2n) is 3.99. The van der Waals surface area contributed by atoms with Crippen molar-refractivity contribution in [3.8, 4) is 0 Å². The van der Waals surface area contributed by atoms with Crippen molar-refractivity contribution in [3.63, 3.8) is 0 Å². The number of esters is 1.